The Labute approximate surface area is 138 Å². The summed E-state index contributed by atoms with van der Waals surface area (Å²) in [6.07, 6.45) is 8.58. The molecule has 5 aliphatic rings. The Bertz CT molecular complexity index is 668. The minimum Gasteiger partial charge on any atom is -0.299 e. The monoisotopic (exact) mass is 339 g/mol. The van der Waals surface area contributed by atoms with Crippen LogP contribution < -0.4 is 0 Å². The third-order valence-corrected chi connectivity index (χ3v) is 8.65. The summed E-state index contributed by atoms with van der Waals surface area (Å²) in [7, 11) is -3.63. The summed E-state index contributed by atoms with van der Waals surface area (Å²) in [6, 6.07) is -0.216. The van der Waals surface area contributed by atoms with Gasteiger partial charge in [0.2, 0.25) is 10.0 Å². The summed E-state index contributed by atoms with van der Waals surface area (Å²) in [5.74, 6) is 0.365. The average molecular weight is 339 g/mol. The molecule has 0 unspecified atom stereocenters. The Morgan fingerprint density at radius 2 is 2.04 bits per heavy atom. The largest absolute Gasteiger partial charge is 0.299 e. The highest BCUT2D eigenvalue weighted by Gasteiger charge is 2.66. The van der Waals surface area contributed by atoms with E-state index in [0.29, 0.717) is 18.8 Å². The normalized spacial score (nSPS) is 42.3. The summed E-state index contributed by atoms with van der Waals surface area (Å²) in [5, 5.41) is 0. The fourth-order valence-electron chi connectivity index (χ4n) is 5.20. The van der Waals surface area contributed by atoms with Gasteiger partial charge in [0, 0.05) is 11.8 Å². The molecule has 3 aliphatic carbocycles. The highest BCUT2D eigenvalue weighted by Crippen LogP contribution is 2.64. The van der Waals surface area contributed by atoms with Crippen LogP contribution in [-0.2, 0) is 19.7 Å². The van der Waals surface area contributed by atoms with E-state index in [1.807, 2.05) is 12.2 Å². The fraction of sp³-hybridized carbons (Fsp3) is 0.824. The van der Waals surface area contributed by atoms with Crippen molar-refractivity contribution in [2.24, 2.45) is 16.7 Å². The quantitative estimate of drug-likeness (QED) is 0.741. The van der Waals surface area contributed by atoms with Crippen LogP contribution in [0.2, 0.25) is 0 Å². The van der Waals surface area contributed by atoms with Crippen molar-refractivity contribution in [3.8, 4) is 0 Å². The maximum atomic E-state index is 13.1. The third-order valence-electron chi connectivity index (χ3n) is 6.89. The minimum absolute atomic E-state index is 0.0978. The van der Waals surface area contributed by atoms with E-state index in [1.165, 1.54) is 4.47 Å². The number of ketones is 1. The number of hydroxylamine groups is 1. The molecule has 0 aromatic carbocycles. The highest BCUT2D eigenvalue weighted by atomic mass is 32.2. The van der Waals surface area contributed by atoms with Crippen LogP contribution in [0.1, 0.15) is 52.4 Å². The van der Waals surface area contributed by atoms with E-state index in [-0.39, 0.29) is 29.1 Å². The lowest BCUT2D eigenvalue weighted by Crippen LogP contribution is -2.50. The molecule has 4 atom stereocenters. The molecule has 2 heterocycles. The van der Waals surface area contributed by atoms with Gasteiger partial charge in [-0.3, -0.25) is 9.63 Å². The first-order valence-corrected chi connectivity index (χ1v) is 10.3. The van der Waals surface area contributed by atoms with Crippen molar-refractivity contribution in [1.82, 2.24) is 4.47 Å². The molecule has 1 saturated heterocycles. The van der Waals surface area contributed by atoms with Gasteiger partial charge in [0.05, 0.1) is 17.9 Å². The van der Waals surface area contributed by atoms with Crippen molar-refractivity contribution < 1.29 is 18.0 Å². The van der Waals surface area contributed by atoms with Gasteiger partial charge in [-0.15, -0.1) is 0 Å². The maximum absolute atomic E-state index is 13.1. The van der Waals surface area contributed by atoms with Crippen LogP contribution in [0.5, 0.6) is 0 Å². The Balaban J connectivity index is 1.66. The van der Waals surface area contributed by atoms with Crippen LogP contribution >= 0.6 is 0 Å². The van der Waals surface area contributed by atoms with E-state index < -0.39 is 15.4 Å². The molecule has 0 spiro atoms. The number of fused-ring (bicyclic) bond motifs is 5. The molecule has 128 valence electrons. The summed E-state index contributed by atoms with van der Waals surface area (Å²) >= 11 is 0. The first-order valence-electron chi connectivity index (χ1n) is 8.67. The lowest BCUT2D eigenvalue weighted by Gasteiger charge is -2.39. The molecular formula is C17H25NO4S. The molecule has 0 aromatic heterocycles. The number of sulfonamides is 1. The molecule has 3 fully saturated rings. The number of carbonyl (C=O) groups is 1. The van der Waals surface area contributed by atoms with Crippen LogP contribution in [0.25, 0.3) is 0 Å². The van der Waals surface area contributed by atoms with Gasteiger partial charge in [-0.1, -0.05) is 30.5 Å². The van der Waals surface area contributed by atoms with Crippen LogP contribution in [0.15, 0.2) is 12.2 Å². The molecule has 6 heteroatoms. The Hall–Kier alpha value is -0.720. The molecule has 0 amide bonds. The second kappa shape index (κ2) is 4.90. The van der Waals surface area contributed by atoms with Gasteiger partial charge < -0.3 is 0 Å². The van der Waals surface area contributed by atoms with Crippen LogP contribution in [0.3, 0.4) is 0 Å². The Morgan fingerprint density at radius 1 is 1.26 bits per heavy atom. The number of hydrogen-bond donors (Lipinski definition) is 0. The molecular weight excluding hydrogens is 314 g/mol. The van der Waals surface area contributed by atoms with Crippen molar-refractivity contribution in [2.75, 3.05) is 5.75 Å². The second-order valence-electron chi connectivity index (χ2n) is 8.21. The van der Waals surface area contributed by atoms with Crippen LogP contribution in [0, 0.1) is 16.7 Å². The molecule has 2 aliphatic heterocycles. The zero-order valence-electron chi connectivity index (χ0n) is 13.8. The lowest BCUT2D eigenvalue weighted by molar-refractivity contribution is -0.133. The number of carbonyl (C=O) groups excluding carboxylic acids is 1. The SMILES string of the molecule is CC1(C)[C@@H]2CC[C@@]1(CS(=O)(=O)N1O[C@@H]3C=C[C@H]1CCC3)C(=O)C2. The molecule has 0 radical (unpaired) electrons. The van der Waals surface area contributed by atoms with Crippen molar-refractivity contribution in [3.63, 3.8) is 0 Å². The summed E-state index contributed by atoms with van der Waals surface area (Å²) in [5.41, 5.74) is -0.965. The fourth-order valence-corrected chi connectivity index (χ4v) is 7.46. The number of hydrogen-bond acceptors (Lipinski definition) is 4. The number of rotatable bonds is 3. The van der Waals surface area contributed by atoms with E-state index in [0.717, 1.165) is 25.7 Å². The van der Waals surface area contributed by atoms with Gasteiger partial charge in [0.1, 0.15) is 5.78 Å². The summed E-state index contributed by atoms with van der Waals surface area (Å²) < 4.78 is 27.4. The zero-order chi connectivity index (χ0) is 16.5. The molecule has 4 bridgehead atoms. The topological polar surface area (TPSA) is 63.7 Å². The second-order valence-corrected chi connectivity index (χ2v) is 10.0. The molecule has 5 nitrogen and oxygen atoms in total. The standard InChI is InChI=1S/C17H25NO4S/c1-16(2)12-8-9-17(16,15(19)10-12)11-23(20,21)18-13-4-3-5-14(22-18)7-6-13/h6-7,12-14H,3-5,8-11H2,1-2H3/t12-,13-,14+,17-/m1/s1. The van der Waals surface area contributed by atoms with Crippen LogP contribution in [0.4, 0.5) is 0 Å². The van der Waals surface area contributed by atoms with Crippen molar-refractivity contribution in [2.45, 2.75) is 64.5 Å². The minimum atomic E-state index is -3.63. The first-order chi connectivity index (χ1) is 10.8. The van der Waals surface area contributed by atoms with E-state index >= 15 is 0 Å². The molecule has 0 N–H and O–H groups in total. The van der Waals surface area contributed by atoms with Crippen molar-refractivity contribution >= 4 is 15.8 Å². The van der Waals surface area contributed by atoms with Crippen LogP contribution in [-0.4, -0.2) is 36.6 Å². The van der Waals surface area contributed by atoms with Gasteiger partial charge in [0.25, 0.3) is 0 Å². The summed E-state index contributed by atoms with van der Waals surface area (Å²) in [4.78, 5) is 18.4. The Morgan fingerprint density at radius 3 is 2.70 bits per heavy atom. The Kier molecular flexibility index (Phi) is 3.36. The first kappa shape index (κ1) is 15.8. The highest BCUT2D eigenvalue weighted by molar-refractivity contribution is 7.89. The third kappa shape index (κ3) is 2.11. The van der Waals surface area contributed by atoms with Gasteiger partial charge in [-0.25, -0.2) is 8.42 Å². The average Bonchev–Trinajstić information content (AvgIpc) is 2.77. The molecule has 5 rings (SSSR count). The summed E-state index contributed by atoms with van der Waals surface area (Å²) in [6.45, 7) is 4.14. The maximum Gasteiger partial charge on any atom is 0.237 e. The smallest absolute Gasteiger partial charge is 0.237 e. The van der Waals surface area contributed by atoms with Crippen molar-refractivity contribution in [3.05, 3.63) is 12.2 Å². The lowest BCUT2D eigenvalue weighted by atomic mass is 9.70. The number of Topliss-reactive ketones (excluding diaryl/α,β-unsaturated/α-hetero) is 1. The van der Waals surface area contributed by atoms with E-state index in [4.69, 9.17) is 4.84 Å². The predicted molar refractivity (Wildman–Crippen MR) is 85.8 cm³/mol. The van der Waals surface area contributed by atoms with E-state index in [2.05, 4.69) is 13.8 Å². The van der Waals surface area contributed by atoms with E-state index in [1.54, 1.807) is 0 Å². The van der Waals surface area contributed by atoms with Crippen molar-refractivity contribution in [1.29, 1.82) is 0 Å². The van der Waals surface area contributed by atoms with Gasteiger partial charge >= 0.3 is 0 Å². The molecule has 23 heavy (non-hydrogen) atoms. The predicted octanol–water partition coefficient (Wildman–Crippen LogP) is 2.44. The van der Waals surface area contributed by atoms with Gasteiger partial charge in [-0.05, 0) is 43.4 Å². The van der Waals surface area contributed by atoms with E-state index in [9.17, 15) is 13.2 Å². The zero-order valence-corrected chi connectivity index (χ0v) is 14.6. The van der Waals surface area contributed by atoms with Gasteiger partial charge in [-0.2, -0.15) is 0 Å². The molecule has 2 saturated carbocycles. The number of nitrogens with zero attached hydrogens (tertiary/aromatic N) is 1. The molecule has 0 aromatic rings. The van der Waals surface area contributed by atoms with Gasteiger partial charge in [0.15, 0.2) is 0 Å².